The Morgan fingerprint density at radius 3 is 2.72 bits per heavy atom. The quantitative estimate of drug-likeness (QED) is 0.193. The lowest BCUT2D eigenvalue weighted by Crippen LogP contribution is -2.26. The Kier molecular flexibility index (Phi) is 8.64. The standard InChI is InChI=1S/C29H30ClIN2O2S/c1-5-34-25-13-18(12-24(31)27(25)35-17-19-8-6-7-9-23(19)30)16-33-28-22(15-32)21-11-10-20(29(2,3)4)14-26(21)36-28/h6-9,12-13,16,20H,5,10-11,14,17H2,1-4H3/t20-/m1/s1. The van der Waals surface area contributed by atoms with E-state index in [2.05, 4.69) is 49.4 Å². The molecule has 0 unspecified atom stereocenters. The number of thiophene rings is 1. The van der Waals surface area contributed by atoms with Crippen LogP contribution in [0, 0.1) is 26.2 Å². The van der Waals surface area contributed by atoms with E-state index in [-0.39, 0.29) is 5.41 Å². The smallest absolute Gasteiger partial charge is 0.175 e. The van der Waals surface area contributed by atoms with Crippen molar-refractivity contribution < 1.29 is 9.47 Å². The van der Waals surface area contributed by atoms with Crippen molar-refractivity contribution in [1.82, 2.24) is 0 Å². The van der Waals surface area contributed by atoms with Crippen molar-refractivity contribution in [2.75, 3.05) is 6.61 Å². The fourth-order valence-electron chi connectivity index (χ4n) is 4.48. The van der Waals surface area contributed by atoms with Crippen molar-refractivity contribution in [3.63, 3.8) is 0 Å². The van der Waals surface area contributed by atoms with Crippen LogP contribution in [0.25, 0.3) is 0 Å². The lowest BCUT2D eigenvalue weighted by atomic mass is 9.72. The minimum Gasteiger partial charge on any atom is -0.490 e. The van der Waals surface area contributed by atoms with Gasteiger partial charge in [0.25, 0.3) is 0 Å². The highest BCUT2D eigenvalue weighted by Crippen LogP contribution is 2.45. The molecule has 2 aromatic carbocycles. The topological polar surface area (TPSA) is 54.6 Å². The highest BCUT2D eigenvalue weighted by molar-refractivity contribution is 14.1. The Labute approximate surface area is 236 Å². The lowest BCUT2D eigenvalue weighted by molar-refractivity contribution is 0.218. The second-order valence-corrected chi connectivity index (χ2v) is 12.7. The number of ether oxygens (including phenoxy) is 2. The molecule has 0 saturated heterocycles. The van der Waals surface area contributed by atoms with Gasteiger partial charge in [-0.05, 0) is 89.4 Å². The maximum atomic E-state index is 9.89. The second-order valence-electron chi connectivity index (χ2n) is 10.0. The molecule has 1 heterocycles. The number of rotatable bonds is 7. The van der Waals surface area contributed by atoms with Crippen molar-refractivity contribution in [2.24, 2.45) is 16.3 Å². The number of benzene rings is 2. The Morgan fingerprint density at radius 1 is 1.25 bits per heavy atom. The predicted octanol–water partition coefficient (Wildman–Crippen LogP) is 8.76. The molecule has 0 aliphatic heterocycles. The van der Waals surface area contributed by atoms with Crippen LogP contribution in [0.1, 0.15) is 61.2 Å². The summed E-state index contributed by atoms with van der Waals surface area (Å²) in [6, 6.07) is 14.0. The third-order valence-corrected chi connectivity index (χ3v) is 8.91. The Morgan fingerprint density at radius 2 is 2.03 bits per heavy atom. The molecule has 0 bridgehead atoms. The van der Waals surface area contributed by atoms with Gasteiger partial charge in [-0.25, -0.2) is 4.99 Å². The minimum atomic E-state index is 0.264. The SMILES string of the molecule is CCOc1cc(C=Nc2sc3c(c2C#N)CC[C@@H](C(C)(C)C)C3)cc(I)c1OCc1ccccc1Cl. The second kappa shape index (κ2) is 11.5. The molecule has 0 saturated carbocycles. The van der Waals surface area contributed by atoms with Crippen LogP contribution in [0.15, 0.2) is 41.4 Å². The number of nitriles is 1. The molecule has 1 aliphatic carbocycles. The monoisotopic (exact) mass is 632 g/mol. The van der Waals surface area contributed by atoms with Crippen LogP contribution in [-0.2, 0) is 19.4 Å². The third-order valence-electron chi connectivity index (χ3n) is 6.58. The number of hydrogen-bond donors (Lipinski definition) is 0. The first-order valence-corrected chi connectivity index (χ1v) is 14.4. The maximum Gasteiger partial charge on any atom is 0.175 e. The van der Waals surface area contributed by atoms with Crippen molar-refractivity contribution in [3.05, 3.63) is 72.1 Å². The number of halogens is 2. The van der Waals surface area contributed by atoms with Gasteiger partial charge < -0.3 is 9.47 Å². The van der Waals surface area contributed by atoms with Crippen molar-refractivity contribution in [3.8, 4) is 17.6 Å². The van der Waals surface area contributed by atoms with Gasteiger partial charge in [0, 0.05) is 21.7 Å². The van der Waals surface area contributed by atoms with E-state index in [1.54, 1.807) is 11.3 Å². The molecule has 1 aliphatic rings. The maximum absolute atomic E-state index is 9.89. The first-order chi connectivity index (χ1) is 17.2. The van der Waals surface area contributed by atoms with Crippen molar-refractivity contribution in [2.45, 2.75) is 53.6 Å². The lowest BCUT2D eigenvalue weighted by Gasteiger charge is -2.33. The van der Waals surface area contributed by atoms with Crippen molar-refractivity contribution in [1.29, 1.82) is 5.26 Å². The third kappa shape index (κ3) is 6.07. The number of hydrogen-bond acceptors (Lipinski definition) is 5. The number of nitrogens with zero attached hydrogens (tertiary/aromatic N) is 2. The molecule has 4 rings (SSSR count). The van der Waals surface area contributed by atoms with E-state index < -0.39 is 0 Å². The summed E-state index contributed by atoms with van der Waals surface area (Å²) in [6.07, 6.45) is 4.92. The minimum absolute atomic E-state index is 0.264. The highest BCUT2D eigenvalue weighted by atomic mass is 127. The number of aliphatic imine (C=N–C) groups is 1. The molecule has 0 N–H and O–H groups in total. The van der Waals surface area contributed by atoms with E-state index in [1.807, 2.05) is 49.5 Å². The largest absolute Gasteiger partial charge is 0.490 e. The molecule has 0 spiro atoms. The van der Waals surface area contributed by atoms with E-state index in [9.17, 15) is 5.26 Å². The van der Waals surface area contributed by atoms with Crippen LogP contribution in [0.4, 0.5) is 5.00 Å². The summed E-state index contributed by atoms with van der Waals surface area (Å²) in [5, 5.41) is 11.4. The molecule has 1 aromatic heterocycles. The molecule has 36 heavy (non-hydrogen) atoms. The summed E-state index contributed by atoms with van der Waals surface area (Å²) in [4.78, 5) is 6.09. The zero-order valence-electron chi connectivity index (χ0n) is 21.0. The van der Waals surface area contributed by atoms with E-state index in [4.69, 9.17) is 26.1 Å². The van der Waals surface area contributed by atoms with E-state index >= 15 is 0 Å². The van der Waals surface area contributed by atoms with Gasteiger partial charge in [-0.15, -0.1) is 11.3 Å². The van der Waals surface area contributed by atoms with Gasteiger partial charge in [0.1, 0.15) is 17.7 Å². The van der Waals surface area contributed by atoms with Crippen LogP contribution < -0.4 is 9.47 Å². The zero-order chi connectivity index (χ0) is 25.9. The molecule has 3 aromatic rings. The molecule has 0 fully saturated rings. The van der Waals surface area contributed by atoms with Gasteiger partial charge in [-0.3, -0.25) is 0 Å². The Bertz CT molecular complexity index is 1320. The number of fused-ring (bicyclic) bond motifs is 1. The van der Waals surface area contributed by atoms with Crippen LogP contribution in [0.5, 0.6) is 11.5 Å². The molecule has 4 nitrogen and oxygen atoms in total. The first kappa shape index (κ1) is 27.0. The average Bonchev–Trinajstić information content (AvgIpc) is 3.19. The summed E-state index contributed by atoms with van der Waals surface area (Å²) < 4.78 is 13.0. The van der Waals surface area contributed by atoms with Gasteiger partial charge in [-0.2, -0.15) is 5.26 Å². The molecule has 188 valence electrons. The van der Waals surface area contributed by atoms with Crippen LogP contribution >= 0.6 is 45.5 Å². The molecular formula is C29H30ClIN2O2S. The molecular weight excluding hydrogens is 603 g/mol. The fraction of sp³-hybridized carbons (Fsp3) is 0.379. The first-order valence-electron chi connectivity index (χ1n) is 12.1. The average molecular weight is 633 g/mol. The van der Waals surface area contributed by atoms with E-state index in [1.165, 1.54) is 10.4 Å². The summed E-state index contributed by atoms with van der Waals surface area (Å²) in [7, 11) is 0. The predicted molar refractivity (Wildman–Crippen MR) is 157 cm³/mol. The highest BCUT2D eigenvalue weighted by Gasteiger charge is 2.32. The Balaban J connectivity index is 1.59. The van der Waals surface area contributed by atoms with Crippen molar-refractivity contribution >= 4 is 56.7 Å². The normalized spacial score (nSPS) is 15.5. The molecule has 7 heteroatoms. The van der Waals surface area contributed by atoms with Gasteiger partial charge in [0.15, 0.2) is 11.5 Å². The molecule has 1 atom stereocenters. The van der Waals surface area contributed by atoms with Gasteiger partial charge in [0.2, 0.25) is 0 Å². The Hall–Kier alpha value is -2.08. The summed E-state index contributed by atoms with van der Waals surface area (Å²) >= 11 is 10.2. The van der Waals surface area contributed by atoms with Crippen LogP contribution in [-0.4, -0.2) is 12.8 Å². The molecule has 0 amide bonds. The van der Waals surface area contributed by atoms with E-state index in [0.717, 1.165) is 44.5 Å². The van der Waals surface area contributed by atoms with Crippen LogP contribution in [0.3, 0.4) is 0 Å². The summed E-state index contributed by atoms with van der Waals surface area (Å²) in [5.41, 5.74) is 4.01. The van der Waals surface area contributed by atoms with Gasteiger partial charge in [-0.1, -0.05) is 50.6 Å². The summed E-state index contributed by atoms with van der Waals surface area (Å²) in [5.74, 6) is 1.98. The van der Waals surface area contributed by atoms with Gasteiger partial charge >= 0.3 is 0 Å². The summed E-state index contributed by atoms with van der Waals surface area (Å²) in [6.45, 7) is 9.74. The van der Waals surface area contributed by atoms with Gasteiger partial charge in [0.05, 0.1) is 15.7 Å². The van der Waals surface area contributed by atoms with E-state index in [0.29, 0.717) is 35.7 Å². The van der Waals surface area contributed by atoms with Crippen LogP contribution in [0.2, 0.25) is 5.02 Å². The molecule has 0 radical (unpaired) electrons. The fourth-order valence-corrected chi connectivity index (χ4v) is 6.67. The zero-order valence-corrected chi connectivity index (χ0v) is 24.8.